The van der Waals surface area contributed by atoms with E-state index in [1.165, 1.54) is 0 Å². The summed E-state index contributed by atoms with van der Waals surface area (Å²) in [6, 6.07) is 3.40. The first-order valence-electron chi connectivity index (χ1n) is 4.48. The second-order valence-electron chi connectivity index (χ2n) is 3.73. The van der Waals surface area contributed by atoms with Crippen LogP contribution in [-0.4, -0.2) is 18.1 Å². The van der Waals surface area contributed by atoms with E-state index in [4.69, 9.17) is 22.3 Å². The van der Waals surface area contributed by atoms with E-state index < -0.39 is 13.8 Å². The zero-order chi connectivity index (χ0) is 11.1. The highest BCUT2D eigenvalue weighted by Crippen LogP contribution is 2.48. The lowest BCUT2D eigenvalue weighted by Crippen LogP contribution is -2.21. The van der Waals surface area contributed by atoms with Gasteiger partial charge in [0.15, 0.2) is 0 Å². The van der Waals surface area contributed by atoms with Gasteiger partial charge in [-0.1, -0.05) is 11.6 Å². The van der Waals surface area contributed by atoms with Crippen LogP contribution in [0.2, 0.25) is 5.02 Å². The van der Waals surface area contributed by atoms with E-state index in [9.17, 15) is 8.42 Å². The fraction of sp³-hybridized carbons (Fsp3) is 0.444. The van der Waals surface area contributed by atoms with E-state index in [0.717, 1.165) is 0 Å². The largest absolute Gasteiger partial charge is 0.260 e. The third-order valence-corrected chi connectivity index (χ3v) is 5.56. The number of rotatable bonds is 3. The molecule has 1 aromatic heterocycles. The maximum absolute atomic E-state index is 11.3. The zero-order valence-electron chi connectivity index (χ0n) is 7.78. The molecule has 15 heavy (non-hydrogen) atoms. The molecule has 2 rings (SSSR count). The van der Waals surface area contributed by atoms with Gasteiger partial charge in [-0.2, -0.15) is 0 Å². The fourth-order valence-corrected chi connectivity index (χ4v) is 3.21. The highest BCUT2D eigenvalue weighted by molar-refractivity contribution is 8.15. The van der Waals surface area contributed by atoms with Gasteiger partial charge in [-0.15, -0.1) is 0 Å². The Morgan fingerprint density at radius 1 is 1.47 bits per heavy atom. The molecule has 0 spiro atoms. The highest BCUT2D eigenvalue weighted by atomic mass is 35.7. The van der Waals surface area contributed by atoms with Crippen molar-refractivity contribution in [2.24, 2.45) is 0 Å². The van der Waals surface area contributed by atoms with E-state index in [2.05, 4.69) is 4.98 Å². The van der Waals surface area contributed by atoms with Crippen LogP contribution in [0.5, 0.6) is 0 Å². The minimum absolute atomic E-state index is 0.304. The number of halogens is 2. The van der Waals surface area contributed by atoms with Crippen LogP contribution in [0.4, 0.5) is 0 Å². The molecular weight excluding hydrogens is 257 g/mol. The average molecular weight is 266 g/mol. The molecule has 1 aliphatic carbocycles. The molecule has 0 bridgehead atoms. The average Bonchev–Trinajstić information content (AvgIpc) is 2.89. The van der Waals surface area contributed by atoms with E-state index in [1.807, 2.05) is 0 Å². The summed E-state index contributed by atoms with van der Waals surface area (Å²) in [5, 5.41) is 0.490. The Hall–Kier alpha value is -0.320. The minimum Gasteiger partial charge on any atom is -0.260 e. The predicted octanol–water partition coefficient (Wildman–Crippen LogP) is 2.38. The Balaban J connectivity index is 2.28. The Labute approximate surface area is 97.8 Å². The molecule has 3 nitrogen and oxygen atoms in total. The third-order valence-electron chi connectivity index (χ3n) is 2.65. The van der Waals surface area contributed by atoms with Crippen LogP contribution >= 0.6 is 22.3 Å². The summed E-state index contributed by atoms with van der Waals surface area (Å²) in [5.74, 6) is 0. The topological polar surface area (TPSA) is 47.0 Å². The van der Waals surface area contributed by atoms with Crippen molar-refractivity contribution >= 4 is 31.3 Å². The van der Waals surface area contributed by atoms with Gasteiger partial charge < -0.3 is 0 Å². The number of hydrogen-bond acceptors (Lipinski definition) is 3. The van der Waals surface area contributed by atoms with Crippen molar-refractivity contribution in [2.45, 2.75) is 24.0 Å². The van der Waals surface area contributed by atoms with E-state index in [-0.39, 0.29) is 0 Å². The van der Waals surface area contributed by atoms with Crippen molar-refractivity contribution < 1.29 is 8.42 Å². The SMILES string of the molecule is O=S(=O)(Cl)C1(Cc2ncccc2Cl)CC1. The van der Waals surface area contributed by atoms with Crippen molar-refractivity contribution in [3.8, 4) is 0 Å². The van der Waals surface area contributed by atoms with Gasteiger partial charge >= 0.3 is 0 Å². The molecule has 0 aliphatic heterocycles. The molecule has 1 aromatic rings. The Kier molecular flexibility index (Phi) is 2.69. The molecule has 0 saturated heterocycles. The molecule has 0 atom stereocenters. The second-order valence-corrected chi connectivity index (χ2v) is 7.10. The summed E-state index contributed by atoms with van der Waals surface area (Å²) < 4.78 is 21.8. The van der Waals surface area contributed by atoms with E-state index in [0.29, 0.717) is 30.0 Å². The van der Waals surface area contributed by atoms with Crippen molar-refractivity contribution in [3.05, 3.63) is 29.0 Å². The fourth-order valence-electron chi connectivity index (χ4n) is 1.50. The number of hydrogen-bond donors (Lipinski definition) is 0. The van der Waals surface area contributed by atoms with Gasteiger partial charge in [-0.25, -0.2) is 8.42 Å². The molecule has 0 aromatic carbocycles. The minimum atomic E-state index is -3.53. The molecule has 0 amide bonds. The Bertz CT molecular complexity index is 483. The predicted molar refractivity (Wildman–Crippen MR) is 59.7 cm³/mol. The van der Waals surface area contributed by atoms with Crippen LogP contribution < -0.4 is 0 Å². The first kappa shape index (κ1) is 11.2. The summed E-state index contributed by atoms with van der Waals surface area (Å²) in [6.45, 7) is 0. The van der Waals surface area contributed by atoms with Crippen LogP contribution in [0.25, 0.3) is 0 Å². The summed E-state index contributed by atoms with van der Waals surface area (Å²) in [6.07, 6.45) is 3.08. The van der Waals surface area contributed by atoms with Crippen LogP contribution in [-0.2, 0) is 15.5 Å². The summed E-state index contributed by atoms with van der Waals surface area (Å²) in [5.41, 5.74) is 0.598. The normalized spacial score (nSPS) is 18.8. The Morgan fingerprint density at radius 3 is 2.60 bits per heavy atom. The highest BCUT2D eigenvalue weighted by Gasteiger charge is 2.54. The summed E-state index contributed by atoms with van der Waals surface area (Å²) >= 11 is 5.91. The van der Waals surface area contributed by atoms with Crippen LogP contribution in [0.15, 0.2) is 18.3 Å². The lowest BCUT2D eigenvalue weighted by Gasteiger charge is -2.11. The molecule has 1 aliphatic rings. The van der Waals surface area contributed by atoms with Crippen molar-refractivity contribution in [2.75, 3.05) is 0 Å². The van der Waals surface area contributed by atoms with Gasteiger partial charge in [-0.3, -0.25) is 4.98 Å². The van der Waals surface area contributed by atoms with Crippen molar-refractivity contribution in [1.29, 1.82) is 0 Å². The van der Waals surface area contributed by atoms with Crippen LogP contribution in [0.1, 0.15) is 18.5 Å². The lowest BCUT2D eigenvalue weighted by molar-refractivity contribution is 0.589. The number of aromatic nitrogens is 1. The van der Waals surface area contributed by atoms with Gasteiger partial charge in [0.2, 0.25) is 9.05 Å². The molecule has 82 valence electrons. The first-order chi connectivity index (χ1) is 6.95. The molecule has 0 N–H and O–H groups in total. The van der Waals surface area contributed by atoms with Gasteiger partial charge in [0.25, 0.3) is 0 Å². The summed E-state index contributed by atoms with van der Waals surface area (Å²) in [4.78, 5) is 4.06. The molecule has 0 radical (unpaired) electrons. The van der Waals surface area contributed by atoms with Crippen molar-refractivity contribution in [1.82, 2.24) is 4.98 Å². The number of nitrogens with zero attached hydrogens (tertiary/aromatic N) is 1. The molecule has 1 fully saturated rings. The maximum Gasteiger partial charge on any atom is 0.238 e. The Morgan fingerprint density at radius 2 is 2.13 bits per heavy atom. The second kappa shape index (κ2) is 3.61. The molecule has 1 heterocycles. The van der Waals surface area contributed by atoms with Crippen molar-refractivity contribution in [3.63, 3.8) is 0 Å². The quantitative estimate of drug-likeness (QED) is 0.789. The van der Waals surface area contributed by atoms with Gasteiger partial charge in [0, 0.05) is 23.3 Å². The zero-order valence-corrected chi connectivity index (χ0v) is 10.1. The lowest BCUT2D eigenvalue weighted by atomic mass is 10.2. The third kappa shape index (κ3) is 2.12. The first-order valence-corrected chi connectivity index (χ1v) is 7.17. The van der Waals surface area contributed by atoms with E-state index in [1.54, 1.807) is 18.3 Å². The monoisotopic (exact) mass is 265 g/mol. The van der Waals surface area contributed by atoms with Crippen LogP contribution in [0, 0.1) is 0 Å². The van der Waals surface area contributed by atoms with Gasteiger partial charge in [-0.05, 0) is 25.0 Å². The molecule has 0 unspecified atom stereocenters. The summed E-state index contributed by atoms with van der Waals surface area (Å²) in [7, 11) is 1.86. The molecule has 6 heteroatoms. The van der Waals surface area contributed by atoms with Crippen LogP contribution in [0.3, 0.4) is 0 Å². The van der Waals surface area contributed by atoms with Gasteiger partial charge in [0.1, 0.15) is 0 Å². The molecular formula is C9H9Cl2NO2S. The number of pyridine rings is 1. The maximum atomic E-state index is 11.3. The van der Waals surface area contributed by atoms with E-state index >= 15 is 0 Å². The molecule has 1 saturated carbocycles. The smallest absolute Gasteiger partial charge is 0.238 e. The van der Waals surface area contributed by atoms with Gasteiger partial charge in [0.05, 0.1) is 15.5 Å². The standard InChI is InChI=1S/C9H9Cl2NO2S/c10-7-2-1-5-12-8(7)6-9(3-4-9)15(11,13)14/h1-2,5H,3-4,6H2.